The lowest BCUT2D eigenvalue weighted by Gasteiger charge is -2.27. The summed E-state index contributed by atoms with van der Waals surface area (Å²) in [7, 11) is 0. The normalized spacial score (nSPS) is 11.6. The van der Waals surface area contributed by atoms with Gasteiger partial charge in [-0.2, -0.15) is 0 Å². The van der Waals surface area contributed by atoms with E-state index >= 15 is 0 Å². The lowest BCUT2D eigenvalue weighted by atomic mass is 10.2. The Morgan fingerprint density at radius 3 is 2.77 bits per heavy atom. The van der Waals surface area contributed by atoms with Crippen molar-refractivity contribution < 1.29 is 9.53 Å². The number of aromatic nitrogens is 3. The maximum atomic E-state index is 12.3. The lowest BCUT2D eigenvalue weighted by molar-refractivity contribution is 0.0182. The van der Waals surface area contributed by atoms with Gasteiger partial charge in [0.05, 0.1) is 5.52 Å². The molecule has 1 heterocycles. The van der Waals surface area contributed by atoms with Crippen molar-refractivity contribution in [1.29, 1.82) is 0 Å². The first-order valence-corrected chi connectivity index (χ1v) is 7.76. The van der Waals surface area contributed by atoms with Gasteiger partial charge in [-0.25, -0.2) is 9.48 Å². The van der Waals surface area contributed by atoms with Crippen LogP contribution in [0.3, 0.4) is 0 Å². The van der Waals surface area contributed by atoms with E-state index in [9.17, 15) is 4.79 Å². The molecule has 0 aliphatic carbocycles. The number of benzene rings is 1. The molecule has 0 radical (unpaired) electrons. The number of carbonyl (C=O) groups is 1. The van der Waals surface area contributed by atoms with Gasteiger partial charge in [-0.3, -0.25) is 4.90 Å². The fourth-order valence-electron chi connectivity index (χ4n) is 1.98. The fourth-order valence-corrected chi connectivity index (χ4v) is 2.10. The van der Waals surface area contributed by atoms with Crippen LogP contribution in [0.15, 0.2) is 24.3 Å². The second-order valence-corrected chi connectivity index (χ2v) is 6.38. The van der Waals surface area contributed by atoms with Crippen LogP contribution in [0.5, 0.6) is 0 Å². The summed E-state index contributed by atoms with van der Waals surface area (Å²) in [6, 6.07) is 7.62. The molecular weight excluding hydrogens is 304 g/mol. The molecule has 0 saturated heterocycles. The van der Waals surface area contributed by atoms with E-state index in [1.165, 1.54) is 0 Å². The van der Waals surface area contributed by atoms with Gasteiger partial charge in [0.15, 0.2) is 0 Å². The molecule has 2 aromatic rings. The van der Waals surface area contributed by atoms with Gasteiger partial charge in [0.1, 0.15) is 17.8 Å². The van der Waals surface area contributed by atoms with Crippen molar-refractivity contribution in [3.63, 3.8) is 0 Å². The number of nitrogens with zero attached hydrogens (tertiary/aromatic N) is 4. The highest BCUT2D eigenvalue weighted by Gasteiger charge is 2.22. The largest absolute Gasteiger partial charge is 0.444 e. The molecule has 0 fully saturated rings. The smallest absolute Gasteiger partial charge is 0.411 e. The summed E-state index contributed by atoms with van der Waals surface area (Å²) in [5.41, 5.74) is 1.13. The molecule has 2 rings (SSSR count). The molecule has 120 valence electrons. The maximum absolute atomic E-state index is 12.3. The van der Waals surface area contributed by atoms with Crippen molar-refractivity contribution in [2.45, 2.75) is 39.5 Å². The van der Waals surface area contributed by atoms with Crippen LogP contribution < -0.4 is 0 Å². The number of hydrogen-bond donors (Lipinski definition) is 0. The highest BCUT2D eigenvalue weighted by molar-refractivity contribution is 6.17. The number of rotatable bonds is 5. The molecule has 1 aromatic carbocycles. The summed E-state index contributed by atoms with van der Waals surface area (Å²) < 4.78 is 7.13. The molecule has 6 nitrogen and oxygen atoms in total. The molecule has 0 aliphatic heterocycles. The van der Waals surface area contributed by atoms with Crippen molar-refractivity contribution in [3.8, 4) is 0 Å². The summed E-state index contributed by atoms with van der Waals surface area (Å²) in [6.45, 7) is 6.32. The zero-order valence-electron chi connectivity index (χ0n) is 13.1. The van der Waals surface area contributed by atoms with Crippen LogP contribution in [-0.4, -0.2) is 44.0 Å². The van der Waals surface area contributed by atoms with Gasteiger partial charge < -0.3 is 4.74 Å². The van der Waals surface area contributed by atoms with E-state index in [1.807, 2.05) is 45.0 Å². The zero-order valence-corrected chi connectivity index (χ0v) is 13.9. The molecular formula is C15H21ClN4O2. The van der Waals surface area contributed by atoms with Crippen molar-refractivity contribution >= 4 is 28.7 Å². The van der Waals surface area contributed by atoms with E-state index in [-0.39, 0.29) is 12.8 Å². The second kappa shape index (κ2) is 6.96. The monoisotopic (exact) mass is 324 g/mol. The second-order valence-electron chi connectivity index (χ2n) is 6.01. The summed E-state index contributed by atoms with van der Waals surface area (Å²) in [5.74, 6) is 0.484. The molecule has 0 bridgehead atoms. The molecule has 0 unspecified atom stereocenters. The number of ether oxygens (including phenoxy) is 1. The third kappa shape index (κ3) is 4.34. The van der Waals surface area contributed by atoms with E-state index < -0.39 is 5.60 Å². The third-order valence-corrected chi connectivity index (χ3v) is 3.21. The average molecular weight is 325 g/mol. The van der Waals surface area contributed by atoms with Crippen LogP contribution in [-0.2, 0) is 11.4 Å². The number of amides is 1. The van der Waals surface area contributed by atoms with E-state index in [2.05, 4.69) is 10.3 Å². The van der Waals surface area contributed by atoms with Crippen LogP contribution >= 0.6 is 11.6 Å². The standard InChI is InChI=1S/C15H21ClN4O2/c1-15(2,3)22-14(21)19(10-6-9-16)11-20-13-8-5-4-7-12(13)17-18-20/h4-5,7-8H,6,9-11H2,1-3H3. The predicted molar refractivity (Wildman–Crippen MR) is 85.8 cm³/mol. The van der Waals surface area contributed by atoms with Crippen molar-refractivity contribution in [2.24, 2.45) is 0 Å². The number of hydrogen-bond acceptors (Lipinski definition) is 4. The number of para-hydroxylation sites is 1. The third-order valence-electron chi connectivity index (χ3n) is 2.94. The Hall–Kier alpha value is -1.82. The quantitative estimate of drug-likeness (QED) is 0.792. The maximum Gasteiger partial charge on any atom is 0.411 e. The van der Waals surface area contributed by atoms with Gasteiger partial charge in [-0.05, 0) is 39.3 Å². The van der Waals surface area contributed by atoms with E-state index in [0.717, 1.165) is 11.0 Å². The number of fused-ring (bicyclic) bond motifs is 1. The van der Waals surface area contributed by atoms with Gasteiger partial charge in [0.25, 0.3) is 0 Å². The Bertz CT molecular complexity index is 636. The Labute approximate surface area is 135 Å². The Balaban J connectivity index is 2.17. The van der Waals surface area contributed by atoms with E-state index in [0.29, 0.717) is 18.8 Å². The molecule has 7 heteroatoms. The van der Waals surface area contributed by atoms with E-state index in [4.69, 9.17) is 16.3 Å². The average Bonchev–Trinajstić information content (AvgIpc) is 2.84. The lowest BCUT2D eigenvalue weighted by Crippen LogP contribution is -2.38. The van der Waals surface area contributed by atoms with Crippen LogP contribution in [0, 0.1) is 0 Å². The molecule has 0 N–H and O–H groups in total. The van der Waals surface area contributed by atoms with Crippen LogP contribution in [0.25, 0.3) is 11.0 Å². The Morgan fingerprint density at radius 1 is 1.36 bits per heavy atom. The molecule has 0 spiro atoms. The number of halogens is 1. The molecule has 1 aromatic heterocycles. The van der Waals surface area contributed by atoms with Gasteiger partial charge in [0.2, 0.25) is 0 Å². The first-order chi connectivity index (χ1) is 10.4. The number of carbonyl (C=O) groups excluding carboxylic acids is 1. The van der Waals surface area contributed by atoms with Gasteiger partial charge in [-0.1, -0.05) is 17.3 Å². The summed E-state index contributed by atoms with van der Waals surface area (Å²) in [4.78, 5) is 13.9. The molecule has 0 saturated carbocycles. The predicted octanol–water partition coefficient (Wildman–Crippen LogP) is 3.25. The minimum Gasteiger partial charge on any atom is -0.444 e. The van der Waals surface area contributed by atoms with Crippen molar-refractivity contribution in [3.05, 3.63) is 24.3 Å². The van der Waals surface area contributed by atoms with Crippen molar-refractivity contribution in [2.75, 3.05) is 12.4 Å². The van der Waals surface area contributed by atoms with Gasteiger partial charge >= 0.3 is 6.09 Å². The fraction of sp³-hybridized carbons (Fsp3) is 0.533. The van der Waals surface area contributed by atoms with Crippen LogP contribution in [0.2, 0.25) is 0 Å². The number of alkyl halides is 1. The topological polar surface area (TPSA) is 60.2 Å². The Morgan fingerprint density at radius 2 is 2.09 bits per heavy atom. The van der Waals surface area contributed by atoms with Crippen molar-refractivity contribution in [1.82, 2.24) is 19.9 Å². The zero-order chi connectivity index (χ0) is 16.2. The molecule has 0 aliphatic rings. The SMILES string of the molecule is CC(C)(C)OC(=O)N(CCCCl)Cn1nnc2ccccc21. The van der Waals surface area contributed by atoms with Gasteiger partial charge in [0, 0.05) is 12.4 Å². The first-order valence-electron chi connectivity index (χ1n) is 7.23. The van der Waals surface area contributed by atoms with E-state index in [1.54, 1.807) is 9.58 Å². The summed E-state index contributed by atoms with van der Waals surface area (Å²) in [6.07, 6.45) is 0.310. The van der Waals surface area contributed by atoms with Crippen LogP contribution in [0.4, 0.5) is 4.79 Å². The summed E-state index contributed by atoms with van der Waals surface area (Å²) >= 11 is 5.75. The molecule has 0 atom stereocenters. The van der Waals surface area contributed by atoms with Crippen LogP contribution in [0.1, 0.15) is 27.2 Å². The first kappa shape index (κ1) is 16.5. The molecule has 22 heavy (non-hydrogen) atoms. The molecule has 1 amide bonds. The minimum atomic E-state index is -0.541. The van der Waals surface area contributed by atoms with Gasteiger partial charge in [-0.15, -0.1) is 16.7 Å². The highest BCUT2D eigenvalue weighted by Crippen LogP contribution is 2.14. The minimum absolute atomic E-state index is 0.284. The highest BCUT2D eigenvalue weighted by atomic mass is 35.5. The Kier molecular flexibility index (Phi) is 5.24. The summed E-state index contributed by atoms with van der Waals surface area (Å²) in [5, 5.41) is 8.20.